The summed E-state index contributed by atoms with van der Waals surface area (Å²) in [5.41, 5.74) is 2.61. The molecular weight excluding hydrogens is 502 g/mol. The average molecular weight is 548 g/mol. The first-order valence-electron chi connectivity index (χ1n) is 14.6. The van der Waals surface area contributed by atoms with Crippen LogP contribution in [0.25, 0.3) is 0 Å². The van der Waals surface area contributed by atoms with Gasteiger partial charge in [0.25, 0.3) is 8.32 Å². The van der Waals surface area contributed by atoms with Gasteiger partial charge in [-0.2, -0.15) is 0 Å². The Morgan fingerprint density at radius 2 is 1.18 bits per heavy atom. The molecule has 0 saturated carbocycles. The topological polar surface area (TPSA) is 21.3 Å². The molecule has 1 N–H and O–H groups in total. The average Bonchev–Trinajstić information content (AvgIpc) is 2.97. The van der Waals surface area contributed by atoms with Crippen LogP contribution in [0.2, 0.25) is 5.04 Å². The van der Waals surface area contributed by atoms with E-state index in [0.29, 0.717) is 5.92 Å². The lowest BCUT2D eigenvalue weighted by Crippen LogP contribution is -2.67. The second-order valence-corrected chi connectivity index (χ2v) is 16.1. The van der Waals surface area contributed by atoms with Crippen LogP contribution in [0.3, 0.4) is 0 Å². The minimum Gasteiger partial charge on any atom is -0.404 e. The van der Waals surface area contributed by atoms with Gasteiger partial charge >= 0.3 is 0 Å². The first-order chi connectivity index (χ1) is 19.3. The minimum atomic E-state index is -2.56. The molecule has 4 aromatic carbocycles. The smallest absolute Gasteiger partial charge is 0.261 e. The molecule has 0 aliphatic heterocycles. The van der Waals surface area contributed by atoms with E-state index >= 15 is 0 Å². The van der Waals surface area contributed by atoms with Crippen molar-refractivity contribution in [3.63, 3.8) is 0 Å². The number of rotatable bonds is 12. The van der Waals surface area contributed by atoms with Crippen LogP contribution in [-0.2, 0) is 11.0 Å². The molecule has 0 heterocycles. The summed E-state index contributed by atoms with van der Waals surface area (Å²) in [6, 6.07) is 43.5. The Morgan fingerprint density at radius 3 is 1.68 bits per heavy atom. The van der Waals surface area contributed by atoms with Crippen LogP contribution < -0.4 is 15.7 Å². The molecular formula is C37H45NOSi. The monoisotopic (exact) mass is 547 g/mol. The van der Waals surface area contributed by atoms with Gasteiger partial charge in [0.15, 0.2) is 0 Å². The molecule has 0 aliphatic carbocycles. The Kier molecular flexibility index (Phi) is 10.3. The van der Waals surface area contributed by atoms with Crippen molar-refractivity contribution in [1.82, 2.24) is 5.32 Å². The van der Waals surface area contributed by atoms with Crippen LogP contribution in [0.1, 0.15) is 58.2 Å². The molecule has 3 heteroatoms. The molecule has 4 aromatic rings. The molecule has 0 radical (unpaired) electrons. The van der Waals surface area contributed by atoms with Crippen LogP contribution in [0, 0.1) is 5.92 Å². The Hall–Kier alpha value is -3.24. The highest BCUT2D eigenvalue weighted by atomic mass is 28.4. The highest BCUT2D eigenvalue weighted by Gasteiger charge is 2.50. The van der Waals surface area contributed by atoms with Crippen molar-refractivity contribution in [1.29, 1.82) is 0 Å². The lowest BCUT2D eigenvalue weighted by atomic mass is 9.93. The predicted octanol–water partition coefficient (Wildman–Crippen LogP) is 8.07. The summed E-state index contributed by atoms with van der Waals surface area (Å²) < 4.78 is 7.28. The molecule has 0 bridgehead atoms. The molecule has 0 unspecified atom stereocenters. The van der Waals surface area contributed by atoms with E-state index in [4.69, 9.17) is 4.43 Å². The molecule has 0 saturated heterocycles. The van der Waals surface area contributed by atoms with Gasteiger partial charge in [-0.15, -0.1) is 0 Å². The Labute approximate surface area is 243 Å². The summed E-state index contributed by atoms with van der Waals surface area (Å²) in [6.45, 7) is 12.4. The lowest BCUT2D eigenvalue weighted by Gasteiger charge is -2.44. The molecule has 0 fully saturated rings. The Bertz CT molecular complexity index is 1260. The third-order valence-electron chi connectivity index (χ3n) is 7.76. The second-order valence-electron chi connectivity index (χ2n) is 11.9. The molecule has 0 aromatic heterocycles. The molecule has 0 aliphatic rings. The third kappa shape index (κ3) is 7.28. The zero-order chi connectivity index (χ0) is 28.4. The zero-order valence-electron chi connectivity index (χ0n) is 24.8. The molecule has 4 rings (SSSR count). The number of hydrogen-bond donors (Lipinski definition) is 1. The quantitative estimate of drug-likeness (QED) is 0.143. The van der Waals surface area contributed by atoms with E-state index in [1.54, 1.807) is 0 Å². The maximum absolute atomic E-state index is 7.28. The fraction of sp³-hybridized carbons (Fsp3) is 0.297. The summed E-state index contributed by atoms with van der Waals surface area (Å²) in [4.78, 5) is 0. The molecule has 2 nitrogen and oxygen atoms in total. The molecule has 3 atom stereocenters. The minimum absolute atomic E-state index is 0.0270. The first-order valence-corrected chi connectivity index (χ1v) is 16.5. The molecule has 0 amide bonds. The maximum Gasteiger partial charge on any atom is 0.261 e. The van der Waals surface area contributed by atoms with Crippen LogP contribution in [0.4, 0.5) is 0 Å². The molecule has 0 spiro atoms. The first kappa shape index (κ1) is 29.7. The number of hydrogen-bond acceptors (Lipinski definition) is 2. The summed E-state index contributed by atoms with van der Waals surface area (Å²) in [5, 5.41) is 6.44. The Balaban J connectivity index is 1.52. The molecule has 208 valence electrons. The van der Waals surface area contributed by atoms with E-state index in [-0.39, 0.29) is 17.2 Å². The van der Waals surface area contributed by atoms with E-state index in [1.807, 2.05) is 0 Å². The van der Waals surface area contributed by atoms with Gasteiger partial charge in [-0.1, -0.05) is 161 Å². The van der Waals surface area contributed by atoms with Crippen molar-refractivity contribution in [2.24, 2.45) is 5.92 Å². The van der Waals surface area contributed by atoms with Crippen LogP contribution in [0.15, 0.2) is 133 Å². The zero-order valence-corrected chi connectivity index (χ0v) is 25.8. The van der Waals surface area contributed by atoms with Crippen molar-refractivity contribution < 1.29 is 4.43 Å². The van der Waals surface area contributed by atoms with Gasteiger partial charge < -0.3 is 9.74 Å². The third-order valence-corrected chi connectivity index (χ3v) is 12.9. The standard InChI is InChI=1S/C37H45NOSi/c1-30(36(33-23-12-7-13-24-33)38-29-32-21-10-6-11-22-32)19-18-20-31(2)39-40(37(3,4)5,34-25-14-8-15-26-34)35-27-16-9-17-28-35/h6-19,21-28,30-31,36,38H,20,29H2,1-5H3/b19-18-/t30-,31-,36-/m1/s1. The van der Waals surface area contributed by atoms with Gasteiger partial charge in [0.1, 0.15) is 0 Å². The number of nitrogens with one attached hydrogen (secondary N) is 1. The van der Waals surface area contributed by atoms with Gasteiger partial charge in [-0.05, 0) is 45.8 Å². The lowest BCUT2D eigenvalue weighted by molar-refractivity contribution is 0.209. The van der Waals surface area contributed by atoms with Crippen LogP contribution in [0.5, 0.6) is 0 Å². The van der Waals surface area contributed by atoms with Crippen molar-refractivity contribution in [3.8, 4) is 0 Å². The van der Waals surface area contributed by atoms with Crippen molar-refractivity contribution in [2.75, 3.05) is 0 Å². The van der Waals surface area contributed by atoms with Crippen molar-refractivity contribution in [3.05, 3.63) is 145 Å². The summed E-state index contributed by atoms with van der Waals surface area (Å²) in [5.74, 6) is 0.325. The summed E-state index contributed by atoms with van der Waals surface area (Å²) in [7, 11) is -2.56. The van der Waals surface area contributed by atoms with Gasteiger partial charge in [-0.3, -0.25) is 0 Å². The van der Waals surface area contributed by atoms with Crippen LogP contribution in [-0.4, -0.2) is 14.4 Å². The van der Waals surface area contributed by atoms with Gasteiger partial charge in [0.05, 0.1) is 0 Å². The van der Waals surface area contributed by atoms with E-state index in [0.717, 1.165) is 13.0 Å². The number of benzene rings is 4. The van der Waals surface area contributed by atoms with E-state index in [2.05, 4.69) is 173 Å². The maximum atomic E-state index is 7.28. The van der Waals surface area contributed by atoms with E-state index in [9.17, 15) is 0 Å². The van der Waals surface area contributed by atoms with Gasteiger partial charge in [0, 0.05) is 18.7 Å². The largest absolute Gasteiger partial charge is 0.404 e. The Morgan fingerprint density at radius 1 is 0.700 bits per heavy atom. The highest BCUT2D eigenvalue weighted by Crippen LogP contribution is 2.38. The second kappa shape index (κ2) is 13.9. The van der Waals surface area contributed by atoms with Gasteiger partial charge in [0.2, 0.25) is 0 Å². The van der Waals surface area contributed by atoms with E-state index < -0.39 is 8.32 Å². The molecule has 40 heavy (non-hydrogen) atoms. The normalized spacial score (nSPS) is 14.6. The van der Waals surface area contributed by atoms with Gasteiger partial charge in [-0.25, -0.2) is 0 Å². The summed E-state index contributed by atoms with van der Waals surface area (Å²) in [6.07, 6.45) is 5.64. The predicted molar refractivity (Wildman–Crippen MR) is 174 cm³/mol. The SMILES string of the molecule is C[C@H](C/C=C\[C@@H](C)[C@@H](NCc1ccccc1)c1ccccc1)O[Si](c1ccccc1)(c1ccccc1)C(C)(C)C. The van der Waals surface area contributed by atoms with Crippen molar-refractivity contribution in [2.45, 2.75) is 64.8 Å². The highest BCUT2D eigenvalue weighted by molar-refractivity contribution is 6.99. The van der Waals surface area contributed by atoms with Crippen LogP contribution >= 0.6 is 0 Å². The van der Waals surface area contributed by atoms with E-state index in [1.165, 1.54) is 21.5 Å². The fourth-order valence-corrected chi connectivity index (χ4v) is 10.4. The van der Waals surface area contributed by atoms with Crippen molar-refractivity contribution >= 4 is 18.7 Å². The fourth-order valence-electron chi connectivity index (χ4n) is 5.73. The summed E-state index contributed by atoms with van der Waals surface area (Å²) >= 11 is 0.